The minimum absolute atomic E-state index is 0.0826. The summed E-state index contributed by atoms with van der Waals surface area (Å²) in [4.78, 5) is 14.9. The van der Waals surface area contributed by atoms with E-state index in [9.17, 15) is 4.79 Å². The van der Waals surface area contributed by atoms with Gasteiger partial charge in [-0.05, 0) is 56.1 Å². The first kappa shape index (κ1) is 20.8. The SMILES string of the molecule is COc1ccc(OC)c([C@@H]2CCCN2CC(=O)Nc2c(Cl)ccc(C)c2Cl)c1. The lowest BCUT2D eigenvalue weighted by atomic mass is 10.0. The summed E-state index contributed by atoms with van der Waals surface area (Å²) in [6.45, 7) is 2.94. The molecule has 0 radical (unpaired) electrons. The summed E-state index contributed by atoms with van der Waals surface area (Å²) in [6.07, 6.45) is 1.95. The summed E-state index contributed by atoms with van der Waals surface area (Å²) >= 11 is 12.5. The molecule has 0 aliphatic carbocycles. The van der Waals surface area contributed by atoms with Gasteiger partial charge in [0, 0.05) is 11.6 Å². The minimum atomic E-state index is -0.150. The van der Waals surface area contributed by atoms with Crippen molar-refractivity contribution in [2.45, 2.75) is 25.8 Å². The third-order valence-electron chi connectivity index (χ3n) is 5.05. The number of hydrogen-bond acceptors (Lipinski definition) is 4. The number of nitrogens with one attached hydrogen (secondary N) is 1. The highest BCUT2D eigenvalue weighted by atomic mass is 35.5. The van der Waals surface area contributed by atoms with Crippen LogP contribution in [0.25, 0.3) is 0 Å². The molecule has 0 unspecified atom stereocenters. The van der Waals surface area contributed by atoms with Crippen LogP contribution in [0.1, 0.15) is 30.0 Å². The van der Waals surface area contributed by atoms with Gasteiger partial charge in [-0.3, -0.25) is 9.69 Å². The topological polar surface area (TPSA) is 50.8 Å². The Morgan fingerprint density at radius 1 is 1.21 bits per heavy atom. The predicted molar refractivity (Wildman–Crippen MR) is 113 cm³/mol. The minimum Gasteiger partial charge on any atom is -0.497 e. The zero-order chi connectivity index (χ0) is 20.3. The number of nitrogens with zero attached hydrogens (tertiary/aromatic N) is 1. The molecule has 150 valence electrons. The highest BCUT2D eigenvalue weighted by molar-refractivity contribution is 6.40. The molecule has 7 heteroatoms. The van der Waals surface area contributed by atoms with E-state index in [0.29, 0.717) is 15.7 Å². The summed E-state index contributed by atoms with van der Waals surface area (Å²) in [7, 11) is 3.29. The van der Waals surface area contributed by atoms with E-state index in [0.717, 1.165) is 42.0 Å². The molecule has 3 rings (SSSR count). The number of rotatable bonds is 6. The van der Waals surface area contributed by atoms with Crippen molar-refractivity contribution < 1.29 is 14.3 Å². The van der Waals surface area contributed by atoms with Crippen LogP contribution < -0.4 is 14.8 Å². The molecule has 2 aromatic carbocycles. The molecule has 0 saturated carbocycles. The second-order valence-electron chi connectivity index (χ2n) is 6.84. The smallest absolute Gasteiger partial charge is 0.238 e. The Hall–Kier alpha value is -1.95. The van der Waals surface area contributed by atoms with Gasteiger partial charge in [0.1, 0.15) is 11.5 Å². The zero-order valence-electron chi connectivity index (χ0n) is 16.2. The monoisotopic (exact) mass is 422 g/mol. The van der Waals surface area contributed by atoms with Gasteiger partial charge in [-0.1, -0.05) is 29.3 Å². The molecule has 1 saturated heterocycles. The Bertz CT molecular complexity index is 873. The summed E-state index contributed by atoms with van der Waals surface area (Å²) < 4.78 is 10.9. The molecule has 1 aliphatic rings. The maximum absolute atomic E-state index is 12.7. The molecule has 28 heavy (non-hydrogen) atoms. The number of methoxy groups -OCH3 is 2. The van der Waals surface area contributed by atoms with E-state index < -0.39 is 0 Å². The van der Waals surface area contributed by atoms with Crippen LogP contribution in [0.15, 0.2) is 30.3 Å². The van der Waals surface area contributed by atoms with Crippen LogP contribution in [-0.2, 0) is 4.79 Å². The quantitative estimate of drug-likeness (QED) is 0.703. The van der Waals surface area contributed by atoms with Crippen LogP contribution in [0, 0.1) is 6.92 Å². The number of ether oxygens (including phenoxy) is 2. The highest BCUT2D eigenvalue weighted by Gasteiger charge is 2.30. The van der Waals surface area contributed by atoms with Crippen LogP contribution in [-0.4, -0.2) is 38.1 Å². The number of aryl methyl sites for hydroxylation is 1. The largest absolute Gasteiger partial charge is 0.497 e. The Morgan fingerprint density at radius 3 is 2.71 bits per heavy atom. The molecule has 1 atom stereocenters. The van der Waals surface area contributed by atoms with Crippen molar-refractivity contribution in [2.75, 3.05) is 32.6 Å². The standard InChI is InChI=1S/C21H24Cl2N2O3/c1-13-6-8-16(22)21(20(13)23)24-19(26)12-25-10-4-5-17(25)15-11-14(27-2)7-9-18(15)28-3/h6-9,11,17H,4-5,10,12H2,1-3H3,(H,24,26)/t17-/m0/s1. The average molecular weight is 423 g/mol. The summed E-state index contributed by atoms with van der Waals surface area (Å²) in [5.41, 5.74) is 2.35. The molecular weight excluding hydrogens is 399 g/mol. The maximum atomic E-state index is 12.7. The van der Waals surface area contributed by atoms with E-state index in [1.807, 2.05) is 31.2 Å². The molecule has 5 nitrogen and oxygen atoms in total. The molecule has 1 fully saturated rings. The highest BCUT2D eigenvalue weighted by Crippen LogP contribution is 2.39. The number of likely N-dealkylation sites (tertiary alicyclic amines) is 1. The van der Waals surface area contributed by atoms with E-state index >= 15 is 0 Å². The normalized spacial score (nSPS) is 16.8. The first-order chi connectivity index (χ1) is 13.4. The van der Waals surface area contributed by atoms with Crippen LogP contribution >= 0.6 is 23.2 Å². The van der Waals surface area contributed by atoms with Gasteiger partial charge in [0.2, 0.25) is 5.91 Å². The Balaban J connectivity index is 1.78. The molecule has 0 aromatic heterocycles. The second-order valence-corrected chi connectivity index (χ2v) is 7.62. The van der Waals surface area contributed by atoms with E-state index in [2.05, 4.69) is 10.2 Å². The molecule has 1 amide bonds. The lowest BCUT2D eigenvalue weighted by Crippen LogP contribution is -2.33. The van der Waals surface area contributed by atoms with Crippen molar-refractivity contribution in [3.63, 3.8) is 0 Å². The van der Waals surface area contributed by atoms with Gasteiger partial charge >= 0.3 is 0 Å². The Kier molecular flexibility index (Phi) is 6.70. The first-order valence-corrected chi connectivity index (χ1v) is 9.90. The summed E-state index contributed by atoms with van der Waals surface area (Å²) in [6, 6.07) is 9.39. The summed E-state index contributed by atoms with van der Waals surface area (Å²) in [5, 5.41) is 3.76. The number of carbonyl (C=O) groups is 1. The molecule has 0 spiro atoms. The molecule has 1 N–H and O–H groups in total. The number of halogens is 2. The van der Waals surface area contributed by atoms with Crippen molar-refractivity contribution in [1.82, 2.24) is 4.90 Å². The maximum Gasteiger partial charge on any atom is 0.238 e. The van der Waals surface area contributed by atoms with Crippen molar-refractivity contribution in [2.24, 2.45) is 0 Å². The van der Waals surface area contributed by atoms with Crippen molar-refractivity contribution in [1.29, 1.82) is 0 Å². The zero-order valence-corrected chi connectivity index (χ0v) is 17.7. The third kappa shape index (κ3) is 4.37. The van der Waals surface area contributed by atoms with E-state index in [4.69, 9.17) is 32.7 Å². The average Bonchev–Trinajstić information content (AvgIpc) is 3.15. The van der Waals surface area contributed by atoms with Gasteiger partial charge in [-0.15, -0.1) is 0 Å². The number of hydrogen-bond donors (Lipinski definition) is 1. The molecule has 0 bridgehead atoms. The lowest BCUT2D eigenvalue weighted by molar-refractivity contribution is -0.117. The fraction of sp³-hybridized carbons (Fsp3) is 0.381. The number of anilines is 1. The fourth-order valence-corrected chi connectivity index (χ4v) is 4.07. The number of amides is 1. The molecule has 1 heterocycles. The summed E-state index contributed by atoms with van der Waals surface area (Å²) in [5.74, 6) is 1.41. The number of benzene rings is 2. The van der Waals surface area contributed by atoms with Crippen molar-refractivity contribution in [3.8, 4) is 11.5 Å². The Labute approximate surface area is 175 Å². The third-order valence-corrected chi connectivity index (χ3v) is 5.86. The van der Waals surface area contributed by atoms with Gasteiger partial charge in [0.05, 0.1) is 36.5 Å². The predicted octanol–water partition coefficient (Wildman–Crippen LogP) is 5.09. The Morgan fingerprint density at radius 2 is 2.00 bits per heavy atom. The van der Waals surface area contributed by atoms with E-state index in [-0.39, 0.29) is 18.5 Å². The van der Waals surface area contributed by atoms with Crippen LogP contribution in [0.5, 0.6) is 11.5 Å². The van der Waals surface area contributed by atoms with E-state index in [1.54, 1.807) is 20.3 Å². The van der Waals surface area contributed by atoms with Gasteiger partial charge < -0.3 is 14.8 Å². The number of carbonyl (C=O) groups excluding carboxylic acids is 1. The van der Waals surface area contributed by atoms with E-state index in [1.165, 1.54) is 0 Å². The molecular formula is C21H24Cl2N2O3. The van der Waals surface area contributed by atoms with Gasteiger partial charge in [-0.2, -0.15) is 0 Å². The van der Waals surface area contributed by atoms with Crippen LogP contribution in [0.2, 0.25) is 10.0 Å². The first-order valence-electron chi connectivity index (χ1n) is 9.15. The molecule has 2 aromatic rings. The van der Waals surface area contributed by atoms with Crippen LogP contribution in [0.3, 0.4) is 0 Å². The van der Waals surface area contributed by atoms with Crippen LogP contribution in [0.4, 0.5) is 5.69 Å². The van der Waals surface area contributed by atoms with Gasteiger partial charge in [0.15, 0.2) is 0 Å². The molecule has 1 aliphatic heterocycles. The van der Waals surface area contributed by atoms with Crippen molar-refractivity contribution in [3.05, 3.63) is 51.5 Å². The van der Waals surface area contributed by atoms with Gasteiger partial charge in [0.25, 0.3) is 0 Å². The lowest BCUT2D eigenvalue weighted by Gasteiger charge is -2.26. The second kappa shape index (κ2) is 9.03. The fourth-order valence-electron chi connectivity index (χ4n) is 3.60. The van der Waals surface area contributed by atoms with Crippen molar-refractivity contribution >= 4 is 34.8 Å². The van der Waals surface area contributed by atoms with Gasteiger partial charge in [-0.25, -0.2) is 0 Å².